The van der Waals surface area contributed by atoms with Crippen molar-refractivity contribution in [1.82, 2.24) is 15.0 Å². The maximum atomic E-state index is 9.57. The Morgan fingerprint density at radius 1 is 1.05 bits per heavy atom. The van der Waals surface area contributed by atoms with Crippen molar-refractivity contribution in [3.05, 3.63) is 18.2 Å². The van der Waals surface area contributed by atoms with Crippen molar-refractivity contribution in [1.29, 1.82) is 0 Å². The molecule has 0 bridgehead atoms. The van der Waals surface area contributed by atoms with Crippen molar-refractivity contribution >= 4 is 11.8 Å². The fraction of sp³-hybridized carbons (Fsp3) is 0.357. The average molecular weight is 307 g/mol. The molecule has 0 aliphatic heterocycles. The minimum Gasteiger partial charge on any atom is -0.490 e. The largest absolute Gasteiger partial charge is 0.490 e. The van der Waals surface area contributed by atoms with E-state index >= 15 is 0 Å². The van der Waals surface area contributed by atoms with Crippen LogP contribution in [0.3, 0.4) is 0 Å². The second-order valence-corrected chi connectivity index (χ2v) is 4.75. The number of hydrogen-bond donors (Lipinski definition) is 1. The van der Waals surface area contributed by atoms with Crippen molar-refractivity contribution in [3.8, 4) is 28.9 Å². The van der Waals surface area contributed by atoms with Crippen molar-refractivity contribution < 1.29 is 14.6 Å². The minimum atomic E-state index is -0.295. The van der Waals surface area contributed by atoms with Gasteiger partial charge in [-0.1, -0.05) is 11.8 Å². The summed E-state index contributed by atoms with van der Waals surface area (Å²) in [5, 5.41) is 10.0. The zero-order chi connectivity index (χ0) is 15.2. The maximum Gasteiger partial charge on any atom is 0.318 e. The van der Waals surface area contributed by atoms with Crippen LogP contribution in [0.2, 0.25) is 0 Å². The van der Waals surface area contributed by atoms with E-state index in [1.165, 1.54) is 11.8 Å². The van der Waals surface area contributed by atoms with Crippen LogP contribution in [-0.4, -0.2) is 39.5 Å². The number of hydrogen-bond acceptors (Lipinski definition) is 7. The lowest BCUT2D eigenvalue weighted by molar-refractivity contribution is 0.288. The molecule has 0 saturated heterocycles. The van der Waals surface area contributed by atoms with Gasteiger partial charge < -0.3 is 14.6 Å². The van der Waals surface area contributed by atoms with Crippen LogP contribution in [0.1, 0.15) is 13.8 Å². The second kappa shape index (κ2) is 7.12. The van der Waals surface area contributed by atoms with Gasteiger partial charge in [-0.3, -0.25) is 0 Å². The zero-order valence-electron chi connectivity index (χ0n) is 12.2. The summed E-state index contributed by atoms with van der Waals surface area (Å²) in [6, 6.07) is 5.14. The van der Waals surface area contributed by atoms with E-state index in [4.69, 9.17) is 9.47 Å². The van der Waals surface area contributed by atoms with Crippen LogP contribution in [-0.2, 0) is 0 Å². The molecule has 0 saturated carbocycles. The van der Waals surface area contributed by atoms with Gasteiger partial charge in [-0.25, -0.2) is 4.98 Å². The number of rotatable bonds is 6. The van der Waals surface area contributed by atoms with Gasteiger partial charge in [0, 0.05) is 5.56 Å². The van der Waals surface area contributed by atoms with Gasteiger partial charge in [0.05, 0.1) is 13.2 Å². The van der Waals surface area contributed by atoms with Gasteiger partial charge >= 0.3 is 6.01 Å². The van der Waals surface area contributed by atoms with Crippen LogP contribution in [0.25, 0.3) is 11.4 Å². The number of benzene rings is 1. The highest BCUT2D eigenvalue weighted by molar-refractivity contribution is 7.98. The molecule has 2 aromatic rings. The summed E-state index contributed by atoms with van der Waals surface area (Å²) in [6.45, 7) is 4.91. The van der Waals surface area contributed by atoms with Crippen LogP contribution in [0, 0.1) is 0 Å². The SMILES string of the molecule is CCOc1ccc(-c2nc(O)nc(SC)n2)cc1OCC. The molecule has 0 fully saturated rings. The molecule has 0 spiro atoms. The van der Waals surface area contributed by atoms with E-state index in [0.717, 1.165) is 5.56 Å². The fourth-order valence-electron chi connectivity index (χ4n) is 1.76. The molecule has 0 atom stereocenters. The van der Waals surface area contributed by atoms with E-state index in [1.54, 1.807) is 6.07 Å². The molecule has 6 nitrogen and oxygen atoms in total. The molecule has 1 heterocycles. The first-order valence-electron chi connectivity index (χ1n) is 6.57. The Labute approximate surface area is 127 Å². The molecule has 0 aliphatic carbocycles. The topological polar surface area (TPSA) is 77.4 Å². The molecule has 0 amide bonds. The predicted molar refractivity (Wildman–Crippen MR) is 81.0 cm³/mol. The molecule has 1 N–H and O–H groups in total. The van der Waals surface area contributed by atoms with E-state index in [1.807, 2.05) is 32.2 Å². The maximum absolute atomic E-state index is 9.57. The number of nitrogens with zero attached hydrogens (tertiary/aromatic N) is 3. The number of thioether (sulfide) groups is 1. The lowest BCUT2D eigenvalue weighted by Crippen LogP contribution is -2.00. The lowest BCUT2D eigenvalue weighted by Gasteiger charge is -2.12. The molecule has 0 aliphatic rings. The van der Waals surface area contributed by atoms with E-state index in [0.29, 0.717) is 35.7 Å². The summed E-state index contributed by atoms with van der Waals surface area (Å²) in [4.78, 5) is 12.1. The highest BCUT2D eigenvalue weighted by atomic mass is 32.2. The molecule has 21 heavy (non-hydrogen) atoms. The molecule has 1 aromatic heterocycles. The van der Waals surface area contributed by atoms with Gasteiger partial charge in [-0.15, -0.1) is 0 Å². The Morgan fingerprint density at radius 2 is 1.76 bits per heavy atom. The summed E-state index contributed by atoms with van der Waals surface area (Å²) in [6.07, 6.45) is 1.84. The number of ether oxygens (including phenoxy) is 2. The standard InChI is InChI=1S/C14H17N3O3S/c1-4-19-10-7-6-9(8-11(10)20-5-2)12-15-13(18)17-14(16-12)21-3/h6-8H,4-5H2,1-3H3,(H,15,16,17,18). The summed E-state index contributed by atoms with van der Waals surface area (Å²) in [5.74, 6) is 1.70. The van der Waals surface area contributed by atoms with Gasteiger partial charge in [0.15, 0.2) is 22.5 Å². The van der Waals surface area contributed by atoms with Gasteiger partial charge in [0.1, 0.15) is 0 Å². The third kappa shape index (κ3) is 3.75. The van der Waals surface area contributed by atoms with Crippen LogP contribution in [0.4, 0.5) is 0 Å². The summed E-state index contributed by atoms with van der Waals surface area (Å²) in [7, 11) is 0. The Morgan fingerprint density at radius 3 is 2.43 bits per heavy atom. The summed E-state index contributed by atoms with van der Waals surface area (Å²) >= 11 is 1.34. The lowest BCUT2D eigenvalue weighted by atomic mass is 10.2. The van der Waals surface area contributed by atoms with Crippen LogP contribution < -0.4 is 9.47 Å². The Balaban J connectivity index is 2.44. The number of aromatic hydroxyl groups is 1. The van der Waals surface area contributed by atoms with Gasteiger partial charge in [-0.2, -0.15) is 9.97 Å². The molecule has 112 valence electrons. The summed E-state index contributed by atoms with van der Waals surface area (Å²) < 4.78 is 11.1. The van der Waals surface area contributed by atoms with Crippen LogP contribution >= 0.6 is 11.8 Å². The summed E-state index contributed by atoms with van der Waals surface area (Å²) in [5.41, 5.74) is 0.731. The third-order valence-corrected chi connectivity index (χ3v) is 3.13. The van der Waals surface area contributed by atoms with Gasteiger partial charge in [-0.05, 0) is 38.3 Å². The Bertz CT molecular complexity index is 622. The highest BCUT2D eigenvalue weighted by Gasteiger charge is 2.11. The van der Waals surface area contributed by atoms with E-state index < -0.39 is 0 Å². The Hall–Kier alpha value is -2.02. The zero-order valence-corrected chi connectivity index (χ0v) is 13.0. The molecular formula is C14H17N3O3S. The molecule has 0 radical (unpaired) electrons. The minimum absolute atomic E-state index is 0.295. The predicted octanol–water partition coefficient (Wildman–Crippen LogP) is 2.76. The quantitative estimate of drug-likeness (QED) is 0.822. The van der Waals surface area contributed by atoms with Crippen molar-refractivity contribution in [2.24, 2.45) is 0 Å². The first kappa shape index (κ1) is 15.4. The van der Waals surface area contributed by atoms with Gasteiger partial charge in [0.2, 0.25) is 0 Å². The fourth-order valence-corrected chi connectivity index (χ4v) is 2.11. The van der Waals surface area contributed by atoms with Crippen LogP contribution in [0.15, 0.2) is 23.4 Å². The van der Waals surface area contributed by atoms with Crippen molar-refractivity contribution in [2.45, 2.75) is 19.0 Å². The average Bonchev–Trinajstić information content (AvgIpc) is 2.48. The molecule has 0 unspecified atom stereocenters. The van der Waals surface area contributed by atoms with Gasteiger partial charge in [0.25, 0.3) is 0 Å². The van der Waals surface area contributed by atoms with Crippen molar-refractivity contribution in [3.63, 3.8) is 0 Å². The van der Waals surface area contributed by atoms with E-state index in [2.05, 4.69) is 15.0 Å². The molecule has 2 rings (SSSR count). The molecular weight excluding hydrogens is 290 g/mol. The van der Waals surface area contributed by atoms with E-state index in [9.17, 15) is 5.11 Å². The third-order valence-electron chi connectivity index (χ3n) is 2.59. The normalized spacial score (nSPS) is 10.4. The van der Waals surface area contributed by atoms with Crippen LogP contribution in [0.5, 0.6) is 17.5 Å². The number of aromatic nitrogens is 3. The highest BCUT2D eigenvalue weighted by Crippen LogP contribution is 2.32. The first-order valence-corrected chi connectivity index (χ1v) is 7.79. The smallest absolute Gasteiger partial charge is 0.318 e. The molecule has 7 heteroatoms. The molecule has 1 aromatic carbocycles. The first-order chi connectivity index (χ1) is 10.2. The van der Waals surface area contributed by atoms with E-state index in [-0.39, 0.29) is 6.01 Å². The van der Waals surface area contributed by atoms with Crippen molar-refractivity contribution in [2.75, 3.05) is 19.5 Å². The Kier molecular flexibility index (Phi) is 5.21. The second-order valence-electron chi connectivity index (χ2n) is 3.97. The monoisotopic (exact) mass is 307 g/mol.